The standard InChI is InChI=1S/C18H26N2O4/c1-11-6-5-7-15(12(11)2)19-17(22)10-24-18(23)16-8-14(13(3)21)9-20(16)4/h8-9,11-12,15H,5-7,10H2,1-4H3,(H,19,22)/t11-,12+,15-/m0/s1. The molecule has 0 aliphatic heterocycles. The van der Waals surface area contributed by atoms with E-state index in [-0.39, 0.29) is 30.0 Å². The zero-order valence-electron chi connectivity index (χ0n) is 14.8. The number of rotatable bonds is 5. The molecule has 1 fully saturated rings. The second-order valence-electron chi connectivity index (χ2n) is 6.80. The number of amides is 1. The summed E-state index contributed by atoms with van der Waals surface area (Å²) in [7, 11) is 1.66. The number of aryl methyl sites for hydroxylation is 1. The minimum absolute atomic E-state index is 0.122. The average molecular weight is 334 g/mol. The Hall–Kier alpha value is -2.11. The van der Waals surface area contributed by atoms with Crippen molar-refractivity contribution < 1.29 is 19.1 Å². The number of esters is 1. The minimum atomic E-state index is -0.606. The third-order valence-electron chi connectivity index (χ3n) is 5.01. The van der Waals surface area contributed by atoms with Crippen molar-refractivity contribution >= 4 is 17.7 Å². The van der Waals surface area contributed by atoms with Crippen LogP contribution >= 0.6 is 0 Å². The molecule has 1 N–H and O–H groups in total. The molecular formula is C18H26N2O4. The second kappa shape index (κ2) is 7.64. The smallest absolute Gasteiger partial charge is 0.355 e. The van der Waals surface area contributed by atoms with E-state index in [1.165, 1.54) is 24.0 Å². The van der Waals surface area contributed by atoms with E-state index in [4.69, 9.17) is 4.74 Å². The number of Topliss-reactive ketones (excluding diaryl/α,β-unsaturated/α-hetero) is 1. The summed E-state index contributed by atoms with van der Waals surface area (Å²) >= 11 is 0. The van der Waals surface area contributed by atoms with Gasteiger partial charge >= 0.3 is 5.97 Å². The van der Waals surface area contributed by atoms with Crippen LogP contribution in [0.1, 0.15) is 60.9 Å². The highest BCUT2D eigenvalue weighted by molar-refractivity contribution is 5.98. The Morgan fingerprint density at radius 3 is 2.62 bits per heavy atom. The maximum atomic E-state index is 12.1. The van der Waals surface area contributed by atoms with Crippen molar-refractivity contribution in [2.75, 3.05) is 6.61 Å². The molecule has 1 amide bonds. The van der Waals surface area contributed by atoms with E-state index in [2.05, 4.69) is 19.2 Å². The summed E-state index contributed by atoms with van der Waals surface area (Å²) in [6, 6.07) is 1.62. The van der Waals surface area contributed by atoms with Crippen LogP contribution in [0.25, 0.3) is 0 Å². The van der Waals surface area contributed by atoms with Crippen LogP contribution in [0.15, 0.2) is 12.3 Å². The molecule has 1 aliphatic rings. The van der Waals surface area contributed by atoms with Crippen molar-refractivity contribution in [1.82, 2.24) is 9.88 Å². The molecule has 0 spiro atoms. The Labute approximate surface area is 142 Å². The van der Waals surface area contributed by atoms with Crippen LogP contribution in [-0.2, 0) is 16.6 Å². The highest BCUT2D eigenvalue weighted by atomic mass is 16.5. The van der Waals surface area contributed by atoms with E-state index in [0.717, 1.165) is 12.8 Å². The first kappa shape index (κ1) is 18.2. The Balaban J connectivity index is 1.87. The van der Waals surface area contributed by atoms with Crippen LogP contribution in [0.4, 0.5) is 0 Å². The van der Waals surface area contributed by atoms with Crippen molar-refractivity contribution in [3.8, 4) is 0 Å². The Bertz CT molecular complexity index is 635. The molecule has 1 aromatic heterocycles. The zero-order valence-corrected chi connectivity index (χ0v) is 14.8. The quantitative estimate of drug-likeness (QED) is 0.662. The van der Waals surface area contributed by atoms with Gasteiger partial charge in [-0.2, -0.15) is 0 Å². The van der Waals surface area contributed by atoms with Crippen molar-refractivity contribution in [1.29, 1.82) is 0 Å². The first-order chi connectivity index (χ1) is 11.3. The minimum Gasteiger partial charge on any atom is -0.451 e. The lowest BCUT2D eigenvalue weighted by Crippen LogP contribution is -2.45. The van der Waals surface area contributed by atoms with Gasteiger partial charge < -0.3 is 14.6 Å². The fourth-order valence-electron chi connectivity index (χ4n) is 3.20. The van der Waals surface area contributed by atoms with Gasteiger partial charge in [0.2, 0.25) is 0 Å². The van der Waals surface area contributed by atoms with Crippen LogP contribution in [-0.4, -0.2) is 34.9 Å². The van der Waals surface area contributed by atoms with Crippen molar-refractivity contribution in [2.45, 2.75) is 46.1 Å². The third-order valence-corrected chi connectivity index (χ3v) is 5.01. The largest absolute Gasteiger partial charge is 0.451 e. The summed E-state index contributed by atoms with van der Waals surface area (Å²) in [5.41, 5.74) is 0.701. The number of carbonyl (C=O) groups excluding carboxylic acids is 3. The number of nitrogens with zero attached hydrogens (tertiary/aromatic N) is 1. The highest BCUT2D eigenvalue weighted by Crippen LogP contribution is 2.29. The van der Waals surface area contributed by atoms with E-state index in [0.29, 0.717) is 17.4 Å². The molecule has 3 atom stereocenters. The lowest BCUT2D eigenvalue weighted by Gasteiger charge is -2.34. The van der Waals surface area contributed by atoms with Crippen LogP contribution in [0, 0.1) is 11.8 Å². The van der Waals surface area contributed by atoms with E-state index >= 15 is 0 Å². The summed E-state index contributed by atoms with van der Waals surface area (Å²) in [6.07, 6.45) is 4.83. The molecule has 0 bridgehead atoms. The molecule has 1 heterocycles. The van der Waals surface area contributed by atoms with Gasteiger partial charge in [0.25, 0.3) is 5.91 Å². The SMILES string of the molecule is CC(=O)c1cc(C(=O)OCC(=O)N[C@H]2CCC[C@H](C)[C@H]2C)n(C)c1. The predicted molar refractivity (Wildman–Crippen MR) is 89.8 cm³/mol. The molecule has 0 saturated heterocycles. The monoisotopic (exact) mass is 334 g/mol. The number of nitrogens with one attached hydrogen (secondary N) is 1. The molecule has 1 saturated carbocycles. The van der Waals surface area contributed by atoms with E-state index in [1.807, 2.05) is 0 Å². The van der Waals surface area contributed by atoms with E-state index < -0.39 is 5.97 Å². The normalized spacial score (nSPS) is 23.6. The van der Waals surface area contributed by atoms with Gasteiger partial charge in [-0.3, -0.25) is 9.59 Å². The maximum absolute atomic E-state index is 12.1. The summed E-state index contributed by atoms with van der Waals surface area (Å²) in [5, 5.41) is 2.97. The zero-order chi connectivity index (χ0) is 17.9. The van der Waals surface area contributed by atoms with Crippen molar-refractivity contribution in [2.24, 2.45) is 18.9 Å². The predicted octanol–water partition coefficient (Wildman–Crippen LogP) is 2.33. The fraction of sp³-hybridized carbons (Fsp3) is 0.611. The Kier molecular flexibility index (Phi) is 5.80. The Morgan fingerprint density at radius 2 is 2.00 bits per heavy atom. The van der Waals surface area contributed by atoms with Crippen LogP contribution in [0.3, 0.4) is 0 Å². The number of ether oxygens (including phenoxy) is 1. The Morgan fingerprint density at radius 1 is 1.29 bits per heavy atom. The first-order valence-corrected chi connectivity index (χ1v) is 8.43. The van der Waals surface area contributed by atoms with Crippen molar-refractivity contribution in [3.05, 3.63) is 23.5 Å². The van der Waals surface area contributed by atoms with Gasteiger partial charge in [0, 0.05) is 24.8 Å². The first-order valence-electron chi connectivity index (χ1n) is 8.43. The van der Waals surface area contributed by atoms with Gasteiger partial charge in [-0.25, -0.2) is 4.79 Å². The summed E-state index contributed by atoms with van der Waals surface area (Å²) in [5.74, 6) is -0.00678. The van der Waals surface area contributed by atoms with Crippen LogP contribution in [0.2, 0.25) is 0 Å². The maximum Gasteiger partial charge on any atom is 0.355 e. The number of carbonyl (C=O) groups is 3. The average Bonchev–Trinajstić information content (AvgIpc) is 2.92. The van der Waals surface area contributed by atoms with Crippen LogP contribution < -0.4 is 5.32 Å². The molecule has 0 radical (unpaired) electrons. The lowest BCUT2D eigenvalue weighted by molar-refractivity contribution is -0.125. The van der Waals surface area contributed by atoms with Crippen LogP contribution in [0.5, 0.6) is 0 Å². The molecular weight excluding hydrogens is 308 g/mol. The molecule has 2 rings (SSSR count). The van der Waals surface area contributed by atoms with Gasteiger partial charge in [0.05, 0.1) is 0 Å². The van der Waals surface area contributed by atoms with E-state index in [9.17, 15) is 14.4 Å². The molecule has 0 unspecified atom stereocenters. The molecule has 1 aromatic rings. The van der Waals surface area contributed by atoms with Gasteiger partial charge in [0.1, 0.15) is 5.69 Å². The second-order valence-corrected chi connectivity index (χ2v) is 6.80. The molecule has 132 valence electrons. The van der Waals surface area contributed by atoms with Gasteiger partial charge in [-0.15, -0.1) is 0 Å². The van der Waals surface area contributed by atoms with Gasteiger partial charge in [-0.05, 0) is 31.2 Å². The topological polar surface area (TPSA) is 77.4 Å². The summed E-state index contributed by atoms with van der Waals surface area (Å²) < 4.78 is 6.61. The van der Waals surface area contributed by atoms with Gasteiger partial charge in [-0.1, -0.05) is 26.7 Å². The number of aromatic nitrogens is 1. The summed E-state index contributed by atoms with van der Waals surface area (Å²) in [4.78, 5) is 35.5. The lowest BCUT2D eigenvalue weighted by atomic mass is 9.78. The molecule has 0 aromatic carbocycles. The molecule has 1 aliphatic carbocycles. The molecule has 6 nitrogen and oxygen atoms in total. The molecule has 24 heavy (non-hydrogen) atoms. The summed E-state index contributed by atoms with van der Waals surface area (Å²) in [6.45, 7) is 5.47. The molecule has 6 heteroatoms. The number of hydrogen-bond donors (Lipinski definition) is 1. The van der Waals surface area contributed by atoms with Gasteiger partial charge in [0.15, 0.2) is 12.4 Å². The van der Waals surface area contributed by atoms with E-state index in [1.54, 1.807) is 13.2 Å². The highest BCUT2D eigenvalue weighted by Gasteiger charge is 2.28. The third kappa shape index (κ3) is 4.24. The number of ketones is 1. The number of hydrogen-bond acceptors (Lipinski definition) is 4. The fourth-order valence-corrected chi connectivity index (χ4v) is 3.20. The van der Waals surface area contributed by atoms with Crippen molar-refractivity contribution in [3.63, 3.8) is 0 Å².